The molecule has 0 aromatic carbocycles. The first-order chi connectivity index (χ1) is 11.3. The highest BCUT2D eigenvalue weighted by Gasteiger charge is 2.53. The third-order valence-corrected chi connectivity index (χ3v) is 5.59. The molecule has 1 heterocycles. The number of rotatable bonds is 6. The van der Waals surface area contributed by atoms with Crippen molar-refractivity contribution in [3.05, 3.63) is 23.0 Å². The van der Waals surface area contributed by atoms with Crippen LogP contribution in [-0.4, -0.2) is 35.9 Å². The lowest BCUT2D eigenvalue weighted by atomic mass is 9.58. The maximum Gasteiger partial charge on any atom is 0.331 e. The highest BCUT2D eigenvalue weighted by atomic mass is 16.5. The molecule has 2 unspecified atom stereocenters. The number of carbonyl (C=O) groups is 2. The number of aromatic nitrogens is 1. The molecule has 1 aliphatic carbocycles. The lowest BCUT2D eigenvalue weighted by Crippen LogP contribution is -2.64. The lowest BCUT2D eigenvalue weighted by molar-refractivity contribution is -0.120. The predicted molar refractivity (Wildman–Crippen MR) is 92.5 cm³/mol. The van der Waals surface area contributed by atoms with E-state index in [0.717, 1.165) is 25.0 Å². The van der Waals surface area contributed by atoms with E-state index in [0.29, 0.717) is 11.3 Å². The van der Waals surface area contributed by atoms with E-state index in [-0.39, 0.29) is 23.5 Å². The first kappa shape index (κ1) is 18.3. The van der Waals surface area contributed by atoms with Crippen LogP contribution in [0, 0.1) is 19.3 Å². The number of hydrogen-bond donors (Lipinski definition) is 3. The second-order valence-electron chi connectivity index (χ2n) is 6.52. The zero-order valence-electron chi connectivity index (χ0n) is 15.1. The average molecular weight is 336 g/mol. The fourth-order valence-electron chi connectivity index (χ4n) is 3.99. The van der Waals surface area contributed by atoms with Crippen molar-refractivity contribution in [3.63, 3.8) is 0 Å². The molecule has 7 heteroatoms. The maximum atomic E-state index is 12.7. The number of urea groups is 1. The van der Waals surface area contributed by atoms with Gasteiger partial charge in [-0.2, -0.15) is 0 Å². The van der Waals surface area contributed by atoms with Crippen LogP contribution < -0.4 is 16.5 Å². The Kier molecular flexibility index (Phi) is 5.22. The van der Waals surface area contributed by atoms with Crippen molar-refractivity contribution in [1.29, 1.82) is 0 Å². The van der Waals surface area contributed by atoms with Gasteiger partial charge in [-0.25, -0.2) is 10.2 Å². The van der Waals surface area contributed by atoms with Crippen molar-refractivity contribution >= 4 is 11.9 Å². The molecule has 2 rings (SSSR count). The molecule has 0 spiro atoms. The van der Waals surface area contributed by atoms with Crippen LogP contribution in [0.25, 0.3) is 0 Å². The predicted octanol–water partition coefficient (Wildman–Crippen LogP) is 2.05. The topological polar surface area (TPSA) is 98.4 Å². The van der Waals surface area contributed by atoms with Crippen molar-refractivity contribution in [2.24, 2.45) is 11.1 Å². The van der Waals surface area contributed by atoms with Gasteiger partial charge in [0.15, 0.2) is 0 Å². The Morgan fingerprint density at radius 1 is 1.38 bits per heavy atom. The van der Waals surface area contributed by atoms with Gasteiger partial charge < -0.3 is 15.8 Å². The van der Waals surface area contributed by atoms with E-state index in [1.165, 1.54) is 4.68 Å². The molecule has 1 saturated carbocycles. The number of primary amides is 1. The summed E-state index contributed by atoms with van der Waals surface area (Å²) in [6.07, 6.45) is 2.91. The van der Waals surface area contributed by atoms with Gasteiger partial charge >= 0.3 is 6.03 Å². The standard InChI is InChI=1S/C17H28N4O3/c1-6-17(7-2)13(9-14(17)24-5)19-15(22)12-8-10(3)21(11(12)4)20-16(18)23/h8,13-14H,6-7,9H2,1-5H3,(H,19,22)(H3,18,20,23). The van der Waals surface area contributed by atoms with Crippen LogP contribution in [0.5, 0.6) is 0 Å². The summed E-state index contributed by atoms with van der Waals surface area (Å²) in [5.41, 5.74) is 9.62. The highest BCUT2D eigenvalue weighted by Crippen LogP contribution is 2.48. The fraction of sp³-hybridized carbons (Fsp3) is 0.647. The van der Waals surface area contributed by atoms with Crippen molar-refractivity contribution in [1.82, 2.24) is 9.99 Å². The van der Waals surface area contributed by atoms with Crippen LogP contribution in [-0.2, 0) is 4.74 Å². The summed E-state index contributed by atoms with van der Waals surface area (Å²) in [4.78, 5) is 23.8. The van der Waals surface area contributed by atoms with Gasteiger partial charge in [0.25, 0.3) is 5.91 Å². The number of hydrogen-bond acceptors (Lipinski definition) is 3. The van der Waals surface area contributed by atoms with Gasteiger partial charge in [0, 0.05) is 30.0 Å². The minimum absolute atomic E-state index is 0.0125. The van der Waals surface area contributed by atoms with E-state index in [2.05, 4.69) is 24.6 Å². The minimum Gasteiger partial charge on any atom is -0.381 e. The molecule has 7 nitrogen and oxygen atoms in total. The Morgan fingerprint density at radius 3 is 2.50 bits per heavy atom. The van der Waals surface area contributed by atoms with E-state index in [1.54, 1.807) is 20.1 Å². The van der Waals surface area contributed by atoms with Crippen LogP contribution in [0.2, 0.25) is 0 Å². The largest absolute Gasteiger partial charge is 0.381 e. The normalized spacial score (nSPS) is 21.9. The van der Waals surface area contributed by atoms with E-state index in [4.69, 9.17) is 10.5 Å². The van der Waals surface area contributed by atoms with E-state index in [9.17, 15) is 9.59 Å². The third kappa shape index (κ3) is 2.88. The molecular formula is C17H28N4O3. The highest BCUT2D eigenvalue weighted by molar-refractivity contribution is 5.96. The number of nitrogens with one attached hydrogen (secondary N) is 2. The second kappa shape index (κ2) is 6.84. The first-order valence-electron chi connectivity index (χ1n) is 8.39. The van der Waals surface area contributed by atoms with Gasteiger partial charge in [-0.3, -0.25) is 9.47 Å². The Labute approximate surface area is 142 Å². The summed E-state index contributed by atoms with van der Waals surface area (Å²) in [7, 11) is 1.73. The van der Waals surface area contributed by atoms with Crippen LogP contribution in [0.15, 0.2) is 6.07 Å². The molecule has 0 bridgehead atoms. The molecule has 1 aliphatic rings. The molecule has 1 aromatic heterocycles. The average Bonchev–Trinajstić information content (AvgIpc) is 2.80. The molecule has 1 fully saturated rings. The molecule has 134 valence electrons. The number of amides is 3. The second-order valence-corrected chi connectivity index (χ2v) is 6.52. The Bertz CT molecular complexity index is 634. The van der Waals surface area contributed by atoms with Crippen molar-refractivity contribution < 1.29 is 14.3 Å². The first-order valence-corrected chi connectivity index (χ1v) is 8.39. The molecule has 0 radical (unpaired) electrons. The number of ether oxygens (including phenoxy) is 1. The number of methoxy groups -OCH3 is 1. The van der Waals surface area contributed by atoms with Gasteiger partial charge in [-0.05, 0) is 39.2 Å². The van der Waals surface area contributed by atoms with Crippen LogP contribution in [0.4, 0.5) is 4.79 Å². The molecule has 0 saturated heterocycles. The van der Waals surface area contributed by atoms with Crippen molar-refractivity contribution in [3.8, 4) is 0 Å². The van der Waals surface area contributed by atoms with Gasteiger partial charge in [0.05, 0.1) is 11.7 Å². The summed E-state index contributed by atoms with van der Waals surface area (Å²) in [6.45, 7) is 7.86. The fourth-order valence-corrected chi connectivity index (χ4v) is 3.99. The van der Waals surface area contributed by atoms with Crippen LogP contribution >= 0.6 is 0 Å². The van der Waals surface area contributed by atoms with Crippen molar-refractivity contribution in [2.75, 3.05) is 12.5 Å². The van der Waals surface area contributed by atoms with E-state index >= 15 is 0 Å². The van der Waals surface area contributed by atoms with Crippen LogP contribution in [0.1, 0.15) is 54.9 Å². The Hall–Kier alpha value is -2.02. The van der Waals surface area contributed by atoms with Gasteiger partial charge in [0.1, 0.15) is 0 Å². The summed E-state index contributed by atoms with van der Waals surface area (Å²) < 4.78 is 7.11. The molecule has 2 atom stereocenters. The number of aryl methyl sites for hydroxylation is 1. The van der Waals surface area contributed by atoms with Gasteiger partial charge in [-0.15, -0.1) is 0 Å². The van der Waals surface area contributed by atoms with Gasteiger partial charge in [0.2, 0.25) is 0 Å². The van der Waals surface area contributed by atoms with E-state index < -0.39 is 6.03 Å². The van der Waals surface area contributed by atoms with Crippen molar-refractivity contribution in [2.45, 2.75) is 59.1 Å². The monoisotopic (exact) mass is 336 g/mol. The lowest BCUT2D eigenvalue weighted by Gasteiger charge is -2.55. The number of nitrogens with zero attached hydrogens (tertiary/aromatic N) is 1. The minimum atomic E-state index is -0.665. The number of carbonyl (C=O) groups excluding carboxylic acids is 2. The third-order valence-electron chi connectivity index (χ3n) is 5.59. The summed E-state index contributed by atoms with van der Waals surface area (Å²) in [5, 5.41) is 3.15. The molecule has 1 aromatic rings. The zero-order valence-corrected chi connectivity index (χ0v) is 15.1. The summed E-state index contributed by atoms with van der Waals surface area (Å²) in [5.74, 6) is -0.133. The zero-order chi connectivity index (χ0) is 18.1. The summed E-state index contributed by atoms with van der Waals surface area (Å²) >= 11 is 0. The van der Waals surface area contributed by atoms with E-state index in [1.807, 2.05) is 6.92 Å². The smallest absolute Gasteiger partial charge is 0.331 e. The SMILES string of the molecule is CCC1(CC)C(NC(=O)c2cc(C)n(NC(N)=O)c2C)CC1OC. The summed E-state index contributed by atoms with van der Waals surface area (Å²) in [6, 6.07) is 1.19. The number of nitrogens with two attached hydrogens (primary N) is 1. The quantitative estimate of drug-likeness (QED) is 0.741. The molecular weight excluding hydrogens is 308 g/mol. The molecule has 24 heavy (non-hydrogen) atoms. The van der Waals surface area contributed by atoms with Crippen LogP contribution in [0.3, 0.4) is 0 Å². The molecule has 0 aliphatic heterocycles. The Balaban J connectivity index is 2.18. The van der Waals surface area contributed by atoms with Gasteiger partial charge in [-0.1, -0.05) is 13.8 Å². The Morgan fingerprint density at radius 2 is 2.00 bits per heavy atom. The molecule has 4 N–H and O–H groups in total. The molecule has 3 amide bonds. The maximum absolute atomic E-state index is 12.7.